The van der Waals surface area contributed by atoms with Crippen LogP contribution in [0.1, 0.15) is 24.8 Å². The van der Waals surface area contributed by atoms with Gasteiger partial charge in [0.15, 0.2) is 0 Å². The second-order valence-electron chi connectivity index (χ2n) is 4.19. The van der Waals surface area contributed by atoms with Gasteiger partial charge < -0.3 is 5.73 Å². The first-order valence-corrected chi connectivity index (χ1v) is 6.57. The van der Waals surface area contributed by atoms with Crippen LogP contribution in [0.2, 0.25) is 5.02 Å². The molecule has 0 saturated heterocycles. The van der Waals surface area contributed by atoms with Crippen molar-refractivity contribution in [3.8, 4) is 11.8 Å². The Morgan fingerprint density at radius 1 is 1.00 bits per heavy atom. The first-order chi connectivity index (χ1) is 8.83. The Labute approximate surface area is 113 Å². The first-order valence-electron chi connectivity index (χ1n) is 6.19. The SMILES string of the molecule is NCCCCC#Cc1ccc(Cl)c2ccccc12. The lowest BCUT2D eigenvalue weighted by Crippen LogP contribution is -1.96. The topological polar surface area (TPSA) is 26.0 Å². The van der Waals surface area contributed by atoms with Crippen LogP contribution in [-0.2, 0) is 0 Å². The van der Waals surface area contributed by atoms with Gasteiger partial charge in [-0.3, -0.25) is 0 Å². The van der Waals surface area contributed by atoms with Crippen LogP contribution in [0.5, 0.6) is 0 Å². The summed E-state index contributed by atoms with van der Waals surface area (Å²) in [5.74, 6) is 6.42. The van der Waals surface area contributed by atoms with E-state index in [9.17, 15) is 0 Å². The van der Waals surface area contributed by atoms with E-state index in [0.29, 0.717) is 0 Å². The molecule has 2 aromatic rings. The van der Waals surface area contributed by atoms with Crippen LogP contribution >= 0.6 is 11.6 Å². The molecule has 0 aliphatic rings. The molecule has 0 aromatic heterocycles. The van der Waals surface area contributed by atoms with Gasteiger partial charge in [-0.2, -0.15) is 0 Å². The summed E-state index contributed by atoms with van der Waals surface area (Å²) >= 11 is 6.17. The summed E-state index contributed by atoms with van der Waals surface area (Å²) in [6.45, 7) is 0.742. The van der Waals surface area contributed by atoms with Crippen molar-refractivity contribution < 1.29 is 0 Å². The summed E-state index contributed by atoms with van der Waals surface area (Å²) in [5.41, 5.74) is 6.49. The van der Waals surface area contributed by atoms with Crippen molar-refractivity contribution in [2.24, 2.45) is 5.73 Å². The van der Waals surface area contributed by atoms with Crippen molar-refractivity contribution in [3.63, 3.8) is 0 Å². The highest BCUT2D eigenvalue weighted by Crippen LogP contribution is 2.25. The molecule has 18 heavy (non-hydrogen) atoms. The van der Waals surface area contributed by atoms with Crippen LogP contribution in [0.3, 0.4) is 0 Å². The first kappa shape index (κ1) is 13.0. The minimum absolute atomic E-state index is 0.742. The van der Waals surface area contributed by atoms with Crippen molar-refractivity contribution in [1.82, 2.24) is 0 Å². The van der Waals surface area contributed by atoms with Gasteiger partial charge in [-0.25, -0.2) is 0 Å². The highest BCUT2D eigenvalue weighted by atomic mass is 35.5. The Balaban J connectivity index is 2.26. The highest BCUT2D eigenvalue weighted by Gasteiger charge is 2.01. The monoisotopic (exact) mass is 257 g/mol. The van der Waals surface area contributed by atoms with E-state index >= 15 is 0 Å². The Morgan fingerprint density at radius 3 is 2.56 bits per heavy atom. The Hall–Kier alpha value is -1.49. The Bertz CT molecular complexity index is 593. The fraction of sp³-hybridized carbons (Fsp3) is 0.250. The average molecular weight is 258 g/mol. The van der Waals surface area contributed by atoms with E-state index in [4.69, 9.17) is 17.3 Å². The van der Waals surface area contributed by atoms with Crippen molar-refractivity contribution in [1.29, 1.82) is 0 Å². The molecule has 0 unspecified atom stereocenters. The zero-order valence-corrected chi connectivity index (χ0v) is 11.0. The molecular weight excluding hydrogens is 242 g/mol. The maximum atomic E-state index is 6.17. The lowest BCUT2D eigenvalue weighted by atomic mass is 10.0. The summed E-state index contributed by atoms with van der Waals surface area (Å²) in [6, 6.07) is 12.0. The molecule has 0 saturated carbocycles. The van der Waals surface area contributed by atoms with Gasteiger partial charge in [0.05, 0.1) is 0 Å². The van der Waals surface area contributed by atoms with Gasteiger partial charge in [-0.05, 0) is 36.9 Å². The van der Waals surface area contributed by atoms with Crippen LogP contribution in [0.15, 0.2) is 36.4 Å². The Morgan fingerprint density at radius 2 is 1.78 bits per heavy atom. The van der Waals surface area contributed by atoms with Crippen LogP contribution < -0.4 is 5.73 Å². The molecule has 2 N–H and O–H groups in total. The molecule has 1 nitrogen and oxygen atoms in total. The predicted octanol–water partition coefficient (Wildman–Crippen LogP) is 3.97. The molecule has 0 fully saturated rings. The van der Waals surface area contributed by atoms with E-state index in [1.807, 2.05) is 30.3 Å². The lowest BCUT2D eigenvalue weighted by Gasteiger charge is -2.02. The lowest BCUT2D eigenvalue weighted by molar-refractivity contribution is 0.768. The number of unbranched alkanes of at least 4 members (excludes halogenated alkanes) is 2. The number of halogens is 1. The average Bonchev–Trinajstić information content (AvgIpc) is 2.41. The van der Waals surface area contributed by atoms with Gasteiger partial charge in [0.1, 0.15) is 0 Å². The van der Waals surface area contributed by atoms with E-state index < -0.39 is 0 Å². The normalized spacial score (nSPS) is 10.1. The fourth-order valence-corrected chi connectivity index (χ4v) is 2.11. The van der Waals surface area contributed by atoms with Crippen LogP contribution in [0.25, 0.3) is 10.8 Å². The third kappa shape index (κ3) is 3.04. The van der Waals surface area contributed by atoms with E-state index in [2.05, 4.69) is 17.9 Å². The van der Waals surface area contributed by atoms with Crippen molar-refractivity contribution in [3.05, 3.63) is 47.0 Å². The van der Waals surface area contributed by atoms with E-state index in [1.54, 1.807) is 0 Å². The number of hydrogen-bond acceptors (Lipinski definition) is 1. The molecule has 0 aliphatic heterocycles. The Kier molecular flexibility index (Phi) is 4.64. The maximum absolute atomic E-state index is 6.17. The summed E-state index contributed by atoms with van der Waals surface area (Å²) in [4.78, 5) is 0. The van der Waals surface area contributed by atoms with Crippen molar-refractivity contribution in [2.45, 2.75) is 19.3 Å². The number of hydrogen-bond donors (Lipinski definition) is 1. The third-order valence-corrected chi connectivity index (χ3v) is 3.18. The maximum Gasteiger partial charge on any atom is 0.0485 e. The van der Waals surface area contributed by atoms with Gasteiger partial charge in [0.2, 0.25) is 0 Å². The minimum atomic E-state index is 0.742. The van der Waals surface area contributed by atoms with E-state index in [-0.39, 0.29) is 0 Å². The molecule has 0 bridgehead atoms. The summed E-state index contributed by atoms with van der Waals surface area (Å²) < 4.78 is 0. The summed E-state index contributed by atoms with van der Waals surface area (Å²) in [7, 11) is 0. The zero-order valence-electron chi connectivity index (χ0n) is 10.2. The predicted molar refractivity (Wildman–Crippen MR) is 78.7 cm³/mol. The van der Waals surface area contributed by atoms with Gasteiger partial charge in [0.25, 0.3) is 0 Å². The molecule has 2 rings (SSSR count). The van der Waals surface area contributed by atoms with Crippen LogP contribution in [0, 0.1) is 11.8 Å². The fourth-order valence-electron chi connectivity index (χ4n) is 1.89. The second kappa shape index (κ2) is 6.44. The number of rotatable bonds is 3. The quantitative estimate of drug-likeness (QED) is 0.653. The molecule has 0 atom stereocenters. The molecular formula is C16H16ClN. The van der Waals surface area contributed by atoms with Crippen molar-refractivity contribution in [2.75, 3.05) is 6.54 Å². The van der Waals surface area contributed by atoms with E-state index in [1.165, 1.54) is 0 Å². The molecule has 0 aliphatic carbocycles. The summed E-state index contributed by atoms with van der Waals surface area (Å²) in [5, 5.41) is 2.96. The van der Waals surface area contributed by atoms with Crippen LogP contribution in [0.4, 0.5) is 0 Å². The molecule has 92 valence electrons. The summed E-state index contributed by atoms with van der Waals surface area (Å²) in [6.07, 6.45) is 3.00. The number of fused-ring (bicyclic) bond motifs is 1. The van der Waals surface area contributed by atoms with Gasteiger partial charge in [-0.15, -0.1) is 0 Å². The highest BCUT2D eigenvalue weighted by molar-refractivity contribution is 6.35. The second-order valence-corrected chi connectivity index (χ2v) is 4.60. The molecule has 0 heterocycles. The largest absolute Gasteiger partial charge is 0.330 e. The molecule has 0 amide bonds. The van der Waals surface area contributed by atoms with Crippen molar-refractivity contribution >= 4 is 22.4 Å². The smallest absolute Gasteiger partial charge is 0.0485 e. The van der Waals surface area contributed by atoms with Crippen LogP contribution in [-0.4, -0.2) is 6.54 Å². The van der Waals surface area contributed by atoms with Gasteiger partial charge >= 0.3 is 0 Å². The van der Waals surface area contributed by atoms with Gasteiger partial charge in [-0.1, -0.05) is 47.7 Å². The van der Waals surface area contributed by atoms with Gasteiger partial charge in [0, 0.05) is 22.4 Å². The zero-order chi connectivity index (χ0) is 12.8. The molecule has 2 aromatic carbocycles. The number of benzene rings is 2. The minimum Gasteiger partial charge on any atom is -0.330 e. The third-order valence-electron chi connectivity index (χ3n) is 2.85. The standard InChI is InChI=1S/C16H16ClN/c17-16-11-10-13(7-3-1-2-6-12-18)14-8-4-5-9-15(14)16/h4-5,8-11H,1-2,6,12,18H2. The number of nitrogens with two attached hydrogens (primary N) is 1. The molecule has 0 spiro atoms. The van der Waals surface area contributed by atoms with E-state index in [0.717, 1.165) is 47.2 Å². The molecule has 2 heteroatoms. The molecule has 0 radical (unpaired) electrons.